The van der Waals surface area contributed by atoms with Gasteiger partial charge in [-0.25, -0.2) is 4.79 Å². The van der Waals surface area contributed by atoms with Crippen molar-refractivity contribution in [3.05, 3.63) is 121 Å². The standard InChI is InChI=1S/C47H60Cl3NO12Si2/c1-45(2,3)64(30-19-11-7-12-20-30,31-21-13-8-14-22-31)59-27-34-37(52)39(54)40(55)43(62-34)63-41-35(61-42(56)36(38(41)53)51-44(57)58-29-47(48,49)50)28-60-65(46(4,5)6,32-23-15-9-16-24-32)33-25-17-10-18-26-33/h7-26,34-43,52-56H,27-29H2,1-6H3,(H,51,57)/t34-,35-,36-,37+,38-,39+,40-,41-,42-,43+/m1/s1. The second kappa shape index (κ2) is 21.1. The van der Waals surface area contributed by atoms with Gasteiger partial charge in [0, 0.05) is 0 Å². The lowest BCUT2D eigenvalue weighted by molar-refractivity contribution is -0.344. The summed E-state index contributed by atoms with van der Waals surface area (Å²) in [5, 5.41) is 63.1. The highest BCUT2D eigenvalue weighted by Gasteiger charge is 2.56. The third kappa shape index (κ3) is 11.3. The number of carbonyl (C=O) groups is 1. The second-order valence-corrected chi connectivity index (χ2v) is 29.6. The average Bonchev–Trinajstić information content (AvgIpc) is 3.26. The highest BCUT2D eigenvalue weighted by atomic mass is 35.6. The molecule has 4 aromatic rings. The average molecular weight is 994 g/mol. The molecule has 2 heterocycles. The van der Waals surface area contributed by atoms with Crippen molar-refractivity contribution in [3.8, 4) is 0 Å². The zero-order valence-corrected chi connectivity index (χ0v) is 41.4. The number of nitrogens with one attached hydrogen (secondary N) is 1. The van der Waals surface area contributed by atoms with Gasteiger partial charge in [0.1, 0.15) is 55.4 Å². The lowest BCUT2D eigenvalue weighted by Crippen LogP contribution is -2.70. The Morgan fingerprint density at radius 2 is 0.985 bits per heavy atom. The Hall–Kier alpha value is -2.95. The summed E-state index contributed by atoms with van der Waals surface area (Å²) >= 11 is 17.4. The molecule has 6 N–H and O–H groups in total. The summed E-state index contributed by atoms with van der Waals surface area (Å²) < 4.78 is 36.1. The predicted molar refractivity (Wildman–Crippen MR) is 254 cm³/mol. The molecule has 0 aliphatic carbocycles. The summed E-state index contributed by atoms with van der Waals surface area (Å²) in [6.07, 6.45) is -15.9. The fourth-order valence-electron chi connectivity index (χ4n) is 8.98. The third-order valence-electron chi connectivity index (χ3n) is 12.1. The van der Waals surface area contributed by atoms with E-state index in [-0.39, 0.29) is 13.2 Å². The quantitative estimate of drug-likeness (QED) is 0.0794. The minimum atomic E-state index is -3.27. The highest BCUT2D eigenvalue weighted by Crippen LogP contribution is 2.40. The maximum atomic E-state index is 12.9. The molecule has 0 bridgehead atoms. The monoisotopic (exact) mass is 991 g/mol. The van der Waals surface area contributed by atoms with Crippen LogP contribution in [0.1, 0.15) is 41.5 Å². The van der Waals surface area contributed by atoms with Crippen molar-refractivity contribution < 1.29 is 58.1 Å². The second-order valence-electron chi connectivity index (χ2n) is 18.5. The van der Waals surface area contributed by atoms with Gasteiger partial charge in [-0.1, -0.05) is 198 Å². The number of benzene rings is 4. The van der Waals surface area contributed by atoms with Crippen LogP contribution in [0, 0.1) is 0 Å². The van der Waals surface area contributed by atoms with Crippen LogP contribution >= 0.6 is 34.8 Å². The SMILES string of the molecule is CC(C)(C)[Si](OC[C@H]1O[C@@H](O[C@H]2[C@H](O)[C@@H](NC(=O)OCC(Cl)(Cl)Cl)[C@H](O)O[C@@H]2CO[Si](c2ccccc2)(c2ccccc2)C(C)(C)C)[C@H](O)[C@@H](O)[C@H]1O)(c1ccccc1)c1ccccc1. The number of alkyl halides is 3. The zero-order chi connectivity index (χ0) is 47.4. The summed E-state index contributed by atoms with van der Waals surface area (Å²) in [4.78, 5) is 12.9. The Morgan fingerprint density at radius 3 is 1.37 bits per heavy atom. The van der Waals surface area contributed by atoms with Gasteiger partial charge in [0.2, 0.25) is 3.79 Å². The van der Waals surface area contributed by atoms with Crippen molar-refractivity contribution in [2.75, 3.05) is 19.8 Å². The molecule has 10 atom stereocenters. The molecule has 2 aliphatic rings. The van der Waals surface area contributed by atoms with Crippen molar-refractivity contribution in [1.29, 1.82) is 0 Å². The molecule has 1 amide bonds. The van der Waals surface area contributed by atoms with Crippen molar-refractivity contribution in [3.63, 3.8) is 0 Å². The predicted octanol–water partition coefficient (Wildman–Crippen LogP) is 3.88. The van der Waals surface area contributed by atoms with Gasteiger partial charge < -0.3 is 58.6 Å². The van der Waals surface area contributed by atoms with E-state index in [4.69, 9.17) is 62.6 Å². The van der Waals surface area contributed by atoms with E-state index in [9.17, 15) is 30.3 Å². The number of ether oxygens (including phenoxy) is 4. The first-order valence-electron chi connectivity index (χ1n) is 21.5. The number of halogens is 3. The number of aliphatic hydroxyl groups is 5. The van der Waals surface area contributed by atoms with Gasteiger partial charge in [-0.15, -0.1) is 0 Å². The first-order valence-corrected chi connectivity index (χ1v) is 26.4. The van der Waals surface area contributed by atoms with Gasteiger partial charge in [-0.05, 0) is 30.8 Å². The molecule has 0 spiro atoms. The number of alkyl carbamates (subject to hydrolysis) is 1. The van der Waals surface area contributed by atoms with Gasteiger partial charge in [0.25, 0.3) is 16.6 Å². The number of amides is 1. The van der Waals surface area contributed by atoms with Crippen LogP contribution in [0.5, 0.6) is 0 Å². The van der Waals surface area contributed by atoms with Crippen LogP contribution in [-0.4, -0.2) is 133 Å². The summed E-state index contributed by atoms with van der Waals surface area (Å²) in [6.45, 7) is 11.3. The summed E-state index contributed by atoms with van der Waals surface area (Å²) in [5.41, 5.74) is 0. The summed E-state index contributed by atoms with van der Waals surface area (Å²) in [6, 6.07) is 37.6. The van der Waals surface area contributed by atoms with E-state index in [0.29, 0.717) is 0 Å². The van der Waals surface area contributed by atoms with Gasteiger partial charge in [-0.3, -0.25) is 0 Å². The Morgan fingerprint density at radius 1 is 0.585 bits per heavy atom. The fourth-order valence-corrected chi connectivity index (χ4v) is 18.3. The molecule has 13 nitrogen and oxygen atoms in total. The van der Waals surface area contributed by atoms with Crippen LogP contribution in [0.15, 0.2) is 121 Å². The maximum absolute atomic E-state index is 12.9. The van der Waals surface area contributed by atoms with E-state index in [1.807, 2.05) is 121 Å². The molecule has 354 valence electrons. The van der Waals surface area contributed by atoms with Crippen LogP contribution in [0.4, 0.5) is 4.79 Å². The minimum Gasteiger partial charge on any atom is -0.445 e. The van der Waals surface area contributed by atoms with Gasteiger partial charge in [-0.2, -0.15) is 0 Å². The first-order chi connectivity index (χ1) is 30.6. The van der Waals surface area contributed by atoms with Crippen LogP contribution < -0.4 is 26.1 Å². The smallest absolute Gasteiger partial charge is 0.407 e. The molecule has 0 saturated carbocycles. The van der Waals surface area contributed by atoms with Crippen molar-refractivity contribution >= 4 is 78.3 Å². The number of hydrogen-bond acceptors (Lipinski definition) is 12. The number of rotatable bonds is 14. The third-order valence-corrected chi connectivity index (χ3v) is 22.4. The zero-order valence-electron chi connectivity index (χ0n) is 37.2. The molecular weight excluding hydrogens is 933 g/mol. The number of aliphatic hydroxyl groups excluding tert-OH is 5. The molecule has 0 unspecified atom stereocenters. The van der Waals surface area contributed by atoms with E-state index in [2.05, 4.69) is 46.9 Å². The lowest BCUT2D eigenvalue weighted by Gasteiger charge is -2.49. The minimum absolute atomic E-state index is 0.236. The topological polar surface area (TPSA) is 186 Å². The normalized spacial score (nSPS) is 26.9. The maximum Gasteiger partial charge on any atom is 0.407 e. The van der Waals surface area contributed by atoms with E-state index < -0.39 is 105 Å². The van der Waals surface area contributed by atoms with E-state index >= 15 is 0 Å². The molecule has 4 aromatic carbocycles. The largest absolute Gasteiger partial charge is 0.445 e. The molecule has 2 fully saturated rings. The van der Waals surface area contributed by atoms with Crippen LogP contribution in [-0.2, 0) is 27.8 Å². The van der Waals surface area contributed by atoms with Crippen LogP contribution in [0.2, 0.25) is 10.1 Å². The Bertz CT molecular complexity index is 2040. The van der Waals surface area contributed by atoms with Crippen molar-refractivity contribution in [2.45, 2.75) is 117 Å². The molecule has 0 aromatic heterocycles. The molecule has 18 heteroatoms. The first kappa shape index (κ1) is 51.4. The summed E-state index contributed by atoms with van der Waals surface area (Å²) in [7, 11) is -6.46. The molecular formula is C47H60Cl3NO12Si2. The fraction of sp³-hybridized carbons (Fsp3) is 0.468. The van der Waals surface area contributed by atoms with Crippen molar-refractivity contribution in [1.82, 2.24) is 5.32 Å². The molecule has 2 saturated heterocycles. The molecule has 0 radical (unpaired) electrons. The van der Waals surface area contributed by atoms with Crippen LogP contribution in [0.3, 0.4) is 0 Å². The Balaban J connectivity index is 1.34. The van der Waals surface area contributed by atoms with Crippen molar-refractivity contribution in [2.24, 2.45) is 0 Å². The Labute approximate surface area is 397 Å². The molecule has 2 aliphatic heterocycles. The van der Waals surface area contributed by atoms with Gasteiger partial charge in [0.05, 0.1) is 13.2 Å². The van der Waals surface area contributed by atoms with Gasteiger partial charge >= 0.3 is 6.09 Å². The van der Waals surface area contributed by atoms with Crippen LogP contribution in [0.25, 0.3) is 0 Å². The molecule has 6 rings (SSSR count). The Kier molecular flexibility index (Phi) is 16.7. The number of carbonyl (C=O) groups excluding carboxylic acids is 1. The summed E-state index contributed by atoms with van der Waals surface area (Å²) in [5.74, 6) is 0. The van der Waals surface area contributed by atoms with E-state index in [0.717, 1.165) is 20.7 Å². The van der Waals surface area contributed by atoms with E-state index in [1.165, 1.54) is 0 Å². The molecule has 65 heavy (non-hydrogen) atoms. The van der Waals surface area contributed by atoms with E-state index in [1.54, 1.807) is 0 Å². The number of hydrogen-bond donors (Lipinski definition) is 6. The highest BCUT2D eigenvalue weighted by molar-refractivity contribution is 7.00. The lowest BCUT2D eigenvalue weighted by atomic mass is 9.95. The van der Waals surface area contributed by atoms with Gasteiger partial charge in [0.15, 0.2) is 12.6 Å².